The van der Waals surface area contributed by atoms with Crippen LogP contribution in [0.5, 0.6) is 0 Å². The highest BCUT2D eigenvalue weighted by molar-refractivity contribution is 6.21. The molecule has 8 aromatic carbocycles. The minimum Gasteiger partial charge on any atom is -0.295 e. The number of hydrogen-bond donors (Lipinski definition) is 0. The third-order valence-electron chi connectivity index (χ3n) is 9.68. The molecule has 0 aliphatic rings. The molecule has 0 bridgehead atoms. The van der Waals surface area contributed by atoms with E-state index in [-0.39, 0.29) is 0 Å². The summed E-state index contributed by atoms with van der Waals surface area (Å²) in [6.45, 7) is 0. The summed E-state index contributed by atoms with van der Waals surface area (Å²) in [6.07, 6.45) is 1.86. The number of aromatic nitrogens is 1. The van der Waals surface area contributed by atoms with Crippen molar-refractivity contribution in [3.63, 3.8) is 0 Å². The van der Waals surface area contributed by atoms with E-state index in [4.69, 9.17) is 4.98 Å². The van der Waals surface area contributed by atoms with Crippen LogP contribution in [0.3, 0.4) is 0 Å². The Kier molecular flexibility index (Phi) is 7.88. The molecular weight excluding hydrogens is 617 g/mol. The number of hydrogen-bond acceptors (Lipinski definition) is 2. The highest BCUT2D eigenvalue weighted by Crippen LogP contribution is 2.45. The standard InChI is InChI=1S/C49H34N2/c1-4-16-35(17-5-1)39-32-40(36-18-6-2-7-19-36)34-42(33-39)51(47-26-14-15-31-50-47)41-29-27-38(28-30-41)49-45-24-12-10-22-43(45)48(37-20-8-3-9-21-37)44-23-11-13-25-46(44)49/h1-34H. The average molecular weight is 651 g/mol. The normalized spacial score (nSPS) is 11.1. The van der Waals surface area contributed by atoms with E-state index in [0.29, 0.717) is 0 Å². The predicted octanol–water partition coefficient (Wildman–Crippen LogP) is 13.5. The zero-order chi connectivity index (χ0) is 34.0. The van der Waals surface area contributed by atoms with E-state index in [9.17, 15) is 0 Å². The van der Waals surface area contributed by atoms with Crippen molar-refractivity contribution in [3.8, 4) is 44.5 Å². The zero-order valence-electron chi connectivity index (χ0n) is 28.0. The van der Waals surface area contributed by atoms with Gasteiger partial charge in [0, 0.05) is 17.6 Å². The Balaban J connectivity index is 1.23. The second kappa shape index (κ2) is 13.3. The molecule has 0 saturated carbocycles. The van der Waals surface area contributed by atoms with Crippen molar-refractivity contribution < 1.29 is 0 Å². The van der Waals surface area contributed by atoms with Crippen molar-refractivity contribution in [3.05, 3.63) is 206 Å². The van der Waals surface area contributed by atoms with Crippen molar-refractivity contribution in [1.29, 1.82) is 0 Å². The quantitative estimate of drug-likeness (QED) is 0.160. The molecule has 51 heavy (non-hydrogen) atoms. The second-order valence-corrected chi connectivity index (χ2v) is 12.8. The number of fused-ring (bicyclic) bond motifs is 2. The van der Waals surface area contributed by atoms with Crippen LogP contribution in [0.1, 0.15) is 0 Å². The molecular formula is C49H34N2. The Hall–Kier alpha value is -6.77. The Morgan fingerprint density at radius 1 is 0.294 bits per heavy atom. The Morgan fingerprint density at radius 2 is 0.706 bits per heavy atom. The van der Waals surface area contributed by atoms with Gasteiger partial charge in [0.05, 0.1) is 0 Å². The molecule has 0 spiro atoms. The average Bonchev–Trinajstić information content (AvgIpc) is 3.21. The summed E-state index contributed by atoms with van der Waals surface area (Å²) in [5.41, 5.74) is 11.7. The fourth-order valence-corrected chi connectivity index (χ4v) is 7.37. The molecule has 0 amide bonds. The van der Waals surface area contributed by atoms with Crippen LogP contribution < -0.4 is 4.90 Å². The van der Waals surface area contributed by atoms with E-state index in [1.807, 2.05) is 12.3 Å². The maximum absolute atomic E-state index is 4.86. The summed E-state index contributed by atoms with van der Waals surface area (Å²) >= 11 is 0. The molecule has 0 aliphatic carbocycles. The molecule has 9 rings (SSSR count). The summed E-state index contributed by atoms with van der Waals surface area (Å²) in [5, 5.41) is 4.99. The number of rotatable bonds is 7. The van der Waals surface area contributed by atoms with Gasteiger partial charge in [-0.15, -0.1) is 0 Å². The van der Waals surface area contributed by atoms with Crippen LogP contribution in [-0.2, 0) is 0 Å². The van der Waals surface area contributed by atoms with Crippen molar-refractivity contribution in [2.24, 2.45) is 0 Å². The number of pyridine rings is 1. The topological polar surface area (TPSA) is 16.1 Å². The van der Waals surface area contributed by atoms with Crippen molar-refractivity contribution in [2.75, 3.05) is 4.90 Å². The van der Waals surface area contributed by atoms with Gasteiger partial charge >= 0.3 is 0 Å². The number of anilines is 3. The molecule has 0 unspecified atom stereocenters. The monoisotopic (exact) mass is 650 g/mol. The lowest BCUT2D eigenvalue weighted by Gasteiger charge is -2.26. The van der Waals surface area contributed by atoms with Crippen molar-refractivity contribution in [2.45, 2.75) is 0 Å². The van der Waals surface area contributed by atoms with Crippen LogP contribution in [0.2, 0.25) is 0 Å². The lowest BCUT2D eigenvalue weighted by molar-refractivity contribution is 1.18. The molecule has 0 fully saturated rings. The molecule has 9 aromatic rings. The first-order valence-electron chi connectivity index (χ1n) is 17.4. The van der Waals surface area contributed by atoms with Gasteiger partial charge in [-0.2, -0.15) is 0 Å². The number of benzene rings is 8. The summed E-state index contributed by atoms with van der Waals surface area (Å²) in [4.78, 5) is 7.12. The van der Waals surface area contributed by atoms with Gasteiger partial charge < -0.3 is 0 Å². The van der Waals surface area contributed by atoms with E-state index in [1.165, 1.54) is 54.9 Å². The van der Waals surface area contributed by atoms with Crippen molar-refractivity contribution >= 4 is 38.7 Å². The SMILES string of the molecule is c1ccc(-c2cc(-c3ccccc3)cc(N(c3ccc(-c4c5ccccc5c(-c5ccccc5)c5ccccc45)cc3)c3ccccn3)c2)cc1. The van der Waals surface area contributed by atoms with Gasteiger partial charge in [0.25, 0.3) is 0 Å². The van der Waals surface area contributed by atoms with Gasteiger partial charge in [-0.1, -0.05) is 158 Å². The fraction of sp³-hybridized carbons (Fsp3) is 0. The Labute approximate surface area is 298 Å². The molecule has 0 radical (unpaired) electrons. The molecule has 1 heterocycles. The lowest BCUT2D eigenvalue weighted by atomic mass is 9.86. The fourth-order valence-electron chi connectivity index (χ4n) is 7.37. The minimum absolute atomic E-state index is 0.859. The summed E-state index contributed by atoms with van der Waals surface area (Å²) in [6, 6.07) is 71.5. The summed E-state index contributed by atoms with van der Waals surface area (Å²) in [7, 11) is 0. The lowest BCUT2D eigenvalue weighted by Crippen LogP contribution is -2.11. The summed E-state index contributed by atoms with van der Waals surface area (Å²) in [5.74, 6) is 0.859. The van der Waals surface area contributed by atoms with E-state index >= 15 is 0 Å². The highest BCUT2D eigenvalue weighted by atomic mass is 15.2. The number of nitrogens with zero attached hydrogens (tertiary/aromatic N) is 2. The van der Waals surface area contributed by atoms with Gasteiger partial charge in [-0.3, -0.25) is 4.90 Å². The van der Waals surface area contributed by atoms with E-state index < -0.39 is 0 Å². The van der Waals surface area contributed by atoms with Gasteiger partial charge in [-0.05, 0) is 109 Å². The third-order valence-corrected chi connectivity index (χ3v) is 9.68. The molecule has 2 heteroatoms. The van der Waals surface area contributed by atoms with E-state index in [0.717, 1.165) is 28.3 Å². The first-order valence-corrected chi connectivity index (χ1v) is 17.4. The largest absolute Gasteiger partial charge is 0.295 e. The van der Waals surface area contributed by atoms with E-state index in [1.54, 1.807) is 0 Å². The molecule has 0 saturated heterocycles. The van der Waals surface area contributed by atoms with Gasteiger partial charge in [-0.25, -0.2) is 4.98 Å². The Bertz CT molecular complexity index is 2480. The van der Waals surface area contributed by atoms with Crippen LogP contribution in [-0.4, -0.2) is 4.98 Å². The molecule has 2 nitrogen and oxygen atoms in total. The van der Waals surface area contributed by atoms with E-state index in [2.05, 4.69) is 199 Å². The molecule has 0 atom stereocenters. The molecule has 1 aromatic heterocycles. The Morgan fingerprint density at radius 3 is 1.16 bits per heavy atom. The maximum atomic E-state index is 4.86. The van der Waals surface area contributed by atoms with Crippen LogP contribution in [0.25, 0.3) is 66.1 Å². The highest BCUT2D eigenvalue weighted by Gasteiger charge is 2.19. The van der Waals surface area contributed by atoms with Gasteiger partial charge in [0.15, 0.2) is 0 Å². The third kappa shape index (κ3) is 5.73. The predicted molar refractivity (Wildman–Crippen MR) is 216 cm³/mol. The van der Waals surface area contributed by atoms with Crippen LogP contribution in [0, 0.1) is 0 Å². The molecule has 240 valence electrons. The first kappa shape index (κ1) is 30.3. The van der Waals surface area contributed by atoms with Crippen molar-refractivity contribution in [1.82, 2.24) is 4.98 Å². The minimum atomic E-state index is 0.859. The second-order valence-electron chi connectivity index (χ2n) is 12.8. The summed E-state index contributed by atoms with van der Waals surface area (Å²) < 4.78 is 0. The maximum Gasteiger partial charge on any atom is 0.137 e. The zero-order valence-corrected chi connectivity index (χ0v) is 28.0. The van der Waals surface area contributed by atoms with Gasteiger partial charge in [0.2, 0.25) is 0 Å². The van der Waals surface area contributed by atoms with Crippen LogP contribution in [0.15, 0.2) is 206 Å². The molecule has 0 aliphatic heterocycles. The van der Waals surface area contributed by atoms with Crippen LogP contribution in [0.4, 0.5) is 17.2 Å². The molecule has 0 N–H and O–H groups in total. The smallest absolute Gasteiger partial charge is 0.137 e. The first-order chi connectivity index (χ1) is 25.3. The van der Waals surface area contributed by atoms with Crippen LogP contribution >= 0.6 is 0 Å². The van der Waals surface area contributed by atoms with Gasteiger partial charge in [0.1, 0.15) is 5.82 Å².